The lowest BCUT2D eigenvalue weighted by Crippen LogP contribution is -2.57. The molecule has 6 nitrogen and oxygen atoms in total. The van der Waals surface area contributed by atoms with E-state index in [1.54, 1.807) is 18.1 Å². The second-order valence-electron chi connectivity index (χ2n) is 8.66. The average molecular weight is 458 g/mol. The Labute approximate surface area is 192 Å². The maximum Gasteiger partial charge on any atom is 0.256 e. The first-order valence-electron chi connectivity index (χ1n) is 11.4. The predicted octanol–water partition coefficient (Wildman–Crippen LogP) is 3.93. The molecule has 4 rings (SSSR count). The number of amides is 2. The van der Waals surface area contributed by atoms with Crippen molar-refractivity contribution in [3.8, 4) is 5.75 Å². The quantitative estimate of drug-likeness (QED) is 0.714. The number of hydrogen-bond donors (Lipinski definition) is 1. The fraction of sp³-hybridized carbons (Fsp3) is 0.440. The van der Waals surface area contributed by atoms with Crippen LogP contribution in [0.15, 0.2) is 42.5 Å². The highest BCUT2D eigenvalue weighted by Crippen LogP contribution is 2.32. The molecule has 1 unspecified atom stereocenters. The van der Waals surface area contributed by atoms with Crippen LogP contribution in [0.5, 0.6) is 5.75 Å². The van der Waals surface area contributed by atoms with Crippen molar-refractivity contribution in [1.29, 1.82) is 0 Å². The van der Waals surface area contributed by atoms with E-state index in [1.807, 2.05) is 18.2 Å². The van der Waals surface area contributed by atoms with Gasteiger partial charge in [0.2, 0.25) is 5.91 Å². The largest absolute Gasteiger partial charge is 0.497 e. The lowest BCUT2D eigenvalue weighted by molar-refractivity contribution is -0.123. The van der Waals surface area contributed by atoms with Gasteiger partial charge >= 0.3 is 0 Å². The Bertz CT molecular complexity index is 1000. The molecular formula is C25H29F2N3O3. The third kappa shape index (κ3) is 5.33. The Morgan fingerprint density at radius 1 is 1.03 bits per heavy atom. The maximum atomic E-state index is 14.1. The molecule has 0 aromatic heterocycles. The molecule has 2 aromatic rings. The molecule has 0 radical (unpaired) electrons. The van der Waals surface area contributed by atoms with Gasteiger partial charge < -0.3 is 15.0 Å². The van der Waals surface area contributed by atoms with Gasteiger partial charge in [0.05, 0.1) is 18.7 Å². The fourth-order valence-corrected chi connectivity index (χ4v) is 4.90. The number of anilines is 1. The van der Waals surface area contributed by atoms with Crippen LogP contribution in [0.4, 0.5) is 14.5 Å². The van der Waals surface area contributed by atoms with Crippen LogP contribution in [0.2, 0.25) is 0 Å². The summed E-state index contributed by atoms with van der Waals surface area (Å²) in [7, 11) is 1.58. The number of piperazine rings is 1. The van der Waals surface area contributed by atoms with E-state index in [1.165, 1.54) is 6.07 Å². The Kier molecular flexibility index (Phi) is 7.23. The molecule has 0 bridgehead atoms. The molecule has 1 heterocycles. The minimum absolute atomic E-state index is 0.0560. The predicted molar refractivity (Wildman–Crippen MR) is 121 cm³/mol. The molecule has 2 fully saturated rings. The molecule has 8 heteroatoms. The SMILES string of the molecule is COc1cccc(NC(=O)C(C2CCCC2)N2CCN(C(=O)c3ccc(F)cc3F)CC2)c1. The van der Waals surface area contributed by atoms with Crippen molar-refractivity contribution in [2.45, 2.75) is 31.7 Å². The molecule has 176 valence electrons. The van der Waals surface area contributed by atoms with Crippen molar-refractivity contribution in [1.82, 2.24) is 9.80 Å². The first-order chi connectivity index (χ1) is 16.0. The Balaban J connectivity index is 1.44. The van der Waals surface area contributed by atoms with E-state index in [0.717, 1.165) is 37.8 Å². The molecule has 1 saturated heterocycles. The Hall–Kier alpha value is -3.00. The lowest BCUT2D eigenvalue weighted by atomic mass is 9.94. The van der Waals surface area contributed by atoms with E-state index in [-0.39, 0.29) is 23.4 Å². The smallest absolute Gasteiger partial charge is 0.256 e. The van der Waals surface area contributed by atoms with E-state index in [4.69, 9.17) is 4.74 Å². The van der Waals surface area contributed by atoms with E-state index < -0.39 is 17.5 Å². The second kappa shape index (κ2) is 10.3. The zero-order valence-electron chi connectivity index (χ0n) is 18.7. The fourth-order valence-electron chi connectivity index (χ4n) is 4.90. The van der Waals surface area contributed by atoms with Gasteiger partial charge in [0.15, 0.2) is 0 Å². The molecular weight excluding hydrogens is 428 g/mol. The number of nitrogens with zero attached hydrogens (tertiary/aromatic N) is 2. The Morgan fingerprint density at radius 2 is 1.76 bits per heavy atom. The van der Waals surface area contributed by atoms with Crippen molar-refractivity contribution in [2.24, 2.45) is 5.92 Å². The molecule has 2 amide bonds. The maximum absolute atomic E-state index is 14.1. The van der Waals surface area contributed by atoms with Gasteiger partial charge in [-0.05, 0) is 43.0 Å². The lowest BCUT2D eigenvalue weighted by Gasteiger charge is -2.40. The minimum Gasteiger partial charge on any atom is -0.497 e. The van der Waals surface area contributed by atoms with Crippen LogP contribution in [-0.2, 0) is 4.79 Å². The Morgan fingerprint density at radius 3 is 2.42 bits per heavy atom. The van der Waals surface area contributed by atoms with Gasteiger partial charge in [-0.25, -0.2) is 8.78 Å². The van der Waals surface area contributed by atoms with Crippen LogP contribution in [0, 0.1) is 17.6 Å². The summed E-state index contributed by atoms with van der Waals surface area (Å²) in [6.45, 7) is 1.79. The molecule has 2 aliphatic rings. The van der Waals surface area contributed by atoms with E-state index in [2.05, 4.69) is 10.2 Å². The van der Waals surface area contributed by atoms with Gasteiger partial charge in [-0.3, -0.25) is 14.5 Å². The van der Waals surface area contributed by atoms with Crippen molar-refractivity contribution >= 4 is 17.5 Å². The van der Waals surface area contributed by atoms with Crippen molar-refractivity contribution in [2.75, 3.05) is 38.6 Å². The van der Waals surface area contributed by atoms with Crippen molar-refractivity contribution in [3.63, 3.8) is 0 Å². The molecule has 1 N–H and O–H groups in total. The van der Waals surface area contributed by atoms with E-state index >= 15 is 0 Å². The zero-order valence-corrected chi connectivity index (χ0v) is 18.7. The van der Waals surface area contributed by atoms with Crippen LogP contribution in [0.25, 0.3) is 0 Å². The highest BCUT2D eigenvalue weighted by Gasteiger charge is 2.37. The van der Waals surface area contributed by atoms with Gasteiger partial charge in [0.1, 0.15) is 17.4 Å². The van der Waals surface area contributed by atoms with Gasteiger partial charge in [-0.1, -0.05) is 18.9 Å². The summed E-state index contributed by atoms with van der Waals surface area (Å²) in [5, 5.41) is 3.04. The van der Waals surface area contributed by atoms with Gasteiger partial charge in [-0.2, -0.15) is 0 Å². The third-order valence-electron chi connectivity index (χ3n) is 6.61. The number of nitrogens with one attached hydrogen (secondary N) is 1. The number of carbonyl (C=O) groups is 2. The summed E-state index contributed by atoms with van der Waals surface area (Å²) in [5.41, 5.74) is 0.552. The summed E-state index contributed by atoms with van der Waals surface area (Å²) in [6.07, 6.45) is 4.21. The topological polar surface area (TPSA) is 61.9 Å². The molecule has 33 heavy (non-hydrogen) atoms. The number of benzene rings is 2. The second-order valence-corrected chi connectivity index (χ2v) is 8.66. The number of ether oxygens (including phenoxy) is 1. The van der Waals surface area contributed by atoms with Gasteiger partial charge in [-0.15, -0.1) is 0 Å². The third-order valence-corrected chi connectivity index (χ3v) is 6.61. The number of halogens is 2. The summed E-state index contributed by atoms with van der Waals surface area (Å²) in [5.74, 6) is -1.15. The standard InChI is InChI=1S/C25H29F2N3O3/c1-33-20-8-4-7-19(16-20)28-24(31)23(17-5-2-3-6-17)29-11-13-30(14-12-29)25(32)21-10-9-18(26)15-22(21)27/h4,7-10,15-17,23H,2-3,5-6,11-14H2,1H3,(H,28,31). The van der Waals surface area contributed by atoms with Crippen LogP contribution < -0.4 is 10.1 Å². The average Bonchev–Trinajstić information content (AvgIpc) is 3.34. The molecule has 1 aliphatic heterocycles. The summed E-state index contributed by atoms with van der Waals surface area (Å²) < 4.78 is 32.5. The molecule has 1 aliphatic carbocycles. The van der Waals surface area contributed by atoms with Crippen LogP contribution in [0.3, 0.4) is 0 Å². The summed E-state index contributed by atoms with van der Waals surface area (Å²) >= 11 is 0. The summed E-state index contributed by atoms with van der Waals surface area (Å²) in [6, 6.07) is 9.98. The minimum atomic E-state index is -0.857. The number of hydrogen-bond acceptors (Lipinski definition) is 4. The zero-order chi connectivity index (χ0) is 23.4. The highest BCUT2D eigenvalue weighted by molar-refractivity contribution is 5.96. The number of methoxy groups -OCH3 is 1. The van der Waals surface area contributed by atoms with Gasteiger partial charge in [0.25, 0.3) is 5.91 Å². The summed E-state index contributed by atoms with van der Waals surface area (Å²) in [4.78, 5) is 29.8. The highest BCUT2D eigenvalue weighted by atomic mass is 19.1. The van der Waals surface area contributed by atoms with E-state index in [0.29, 0.717) is 37.6 Å². The van der Waals surface area contributed by atoms with Crippen LogP contribution in [0.1, 0.15) is 36.0 Å². The van der Waals surface area contributed by atoms with Crippen LogP contribution >= 0.6 is 0 Å². The van der Waals surface area contributed by atoms with Crippen LogP contribution in [-0.4, -0.2) is 60.9 Å². The molecule has 1 saturated carbocycles. The normalized spacial score (nSPS) is 18.2. The number of carbonyl (C=O) groups excluding carboxylic acids is 2. The number of rotatable bonds is 6. The molecule has 1 atom stereocenters. The van der Waals surface area contributed by atoms with E-state index in [9.17, 15) is 18.4 Å². The molecule has 2 aromatic carbocycles. The first-order valence-corrected chi connectivity index (χ1v) is 11.4. The van der Waals surface area contributed by atoms with Gasteiger partial charge in [0, 0.05) is 44.0 Å². The van der Waals surface area contributed by atoms with Crippen molar-refractivity contribution < 1.29 is 23.1 Å². The van der Waals surface area contributed by atoms with Crippen molar-refractivity contribution in [3.05, 3.63) is 59.7 Å². The molecule has 0 spiro atoms. The first kappa shape index (κ1) is 23.2. The monoisotopic (exact) mass is 457 g/mol.